The summed E-state index contributed by atoms with van der Waals surface area (Å²) < 4.78 is 0. The minimum absolute atomic E-state index is 0.153. The summed E-state index contributed by atoms with van der Waals surface area (Å²) in [6, 6.07) is 0. The highest BCUT2D eigenvalue weighted by atomic mass is 16.2. The van der Waals surface area contributed by atoms with E-state index in [0.717, 1.165) is 12.8 Å². The molecule has 0 radical (unpaired) electrons. The van der Waals surface area contributed by atoms with E-state index in [2.05, 4.69) is 10.6 Å². The first-order chi connectivity index (χ1) is 4.83. The zero-order valence-electron chi connectivity index (χ0n) is 5.94. The van der Waals surface area contributed by atoms with E-state index >= 15 is 0 Å². The van der Waals surface area contributed by atoms with Gasteiger partial charge in [0.2, 0.25) is 5.91 Å². The fourth-order valence-corrected chi connectivity index (χ4v) is 1.93. The van der Waals surface area contributed by atoms with Crippen LogP contribution in [0.1, 0.15) is 25.7 Å². The van der Waals surface area contributed by atoms with Crippen molar-refractivity contribution in [2.45, 2.75) is 31.2 Å². The number of amides is 1. The van der Waals surface area contributed by atoms with E-state index in [0.29, 0.717) is 6.67 Å². The number of nitrogens with one attached hydrogen (secondary N) is 2. The van der Waals surface area contributed by atoms with Gasteiger partial charge in [0.15, 0.2) is 0 Å². The van der Waals surface area contributed by atoms with E-state index in [1.54, 1.807) is 0 Å². The van der Waals surface area contributed by atoms with Crippen LogP contribution in [0.3, 0.4) is 0 Å². The third kappa shape index (κ3) is 0.669. The molecule has 1 aliphatic carbocycles. The quantitative estimate of drug-likeness (QED) is 0.496. The molecule has 2 aliphatic rings. The number of hydrogen-bond donors (Lipinski definition) is 2. The number of hydrogen-bond acceptors (Lipinski definition) is 2. The third-order valence-electron chi connectivity index (χ3n) is 2.57. The second-order valence-corrected chi connectivity index (χ2v) is 3.15. The van der Waals surface area contributed by atoms with Crippen LogP contribution in [0.4, 0.5) is 0 Å². The molecular weight excluding hydrogens is 128 g/mol. The van der Waals surface area contributed by atoms with Gasteiger partial charge in [0.05, 0.1) is 12.2 Å². The molecule has 2 N–H and O–H groups in total. The predicted molar refractivity (Wildman–Crippen MR) is 37.3 cm³/mol. The third-order valence-corrected chi connectivity index (χ3v) is 2.57. The maximum absolute atomic E-state index is 11.2. The lowest BCUT2D eigenvalue weighted by Crippen LogP contribution is -2.43. The Labute approximate surface area is 60.2 Å². The zero-order valence-corrected chi connectivity index (χ0v) is 5.94. The van der Waals surface area contributed by atoms with Crippen LogP contribution in [0.5, 0.6) is 0 Å². The van der Waals surface area contributed by atoms with Crippen molar-refractivity contribution in [1.29, 1.82) is 0 Å². The summed E-state index contributed by atoms with van der Waals surface area (Å²) in [6.07, 6.45) is 4.44. The van der Waals surface area contributed by atoms with Crippen molar-refractivity contribution >= 4 is 5.91 Å². The fourth-order valence-electron chi connectivity index (χ4n) is 1.93. The van der Waals surface area contributed by atoms with Gasteiger partial charge < -0.3 is 5.32 Å². The minimum atomic E-state index is -0.153. The molecule has 1 heterocycles. The lowest BCUT2D eigenvalue weighted by molar-refractivity contribution is -0.123. The smallest absolute Gasteiger partial charge is 0.241 e. The van der Waals surface area contributed by atoms with Crippen LogP contribution in [0.15, 0.2) is 0 Å². The zero-order chi connectivity index (χ0) is 7.03. The lowest BCUT2D eigenvalue weighted by atomic mass is 9.99. The Balaban J connectivity index is 2.19. The average molecular weight is 140 g/mol. The van der Waals surface area contributed by atoms with Gasteiger partial charge in [0.25, 0.3) is 0 Å². The minimum Gasteiger partial charge on any atom is -0.342 e. The van der Waals surface area contributed by atoms with Gasteiger partial charge in [-0.15, -0.1) is 0 Å². The average Bonchev–Trinajstić information content (AvgIpc) is 2.48. The van der Waals surface area contributed by atoms with Crippen LogP contribution in [0, 0.1) is 0 Å². The van der Waals surface area contributed by atoms with Crippen LogP contribution in [-0.4, -0.2) is 18.1 Å². The molecule has 0 aromatic heterocycles. The molecule has 3 nitrogen and oxygen atoms in total. The SMILES string of the molecule is O=C1NCNC12CCCC2. The van der Waals surface area contributed by atoms with Crippen molar-refractivity contribution < 1.29 is 4.79 Å². The highest BCUT2D eigenvalue weighted by molar-refractivity contribution is 5.88. The largest absolute Gasteiger partial charge is 0.342 e. The molecule has 0 unspecified atom stereocenters. The monoisotopic (exact) mass is 140 g/mol. The molecule has 3 heteroatoms. The van der Waals surface area contributed by atoms with E-state index in [1.807, 2.05) is 0 Å². The van der Waals surface area contributed by atoms with E-state index in [4.69, 9.17) is 0 Å². The highest BCUT2D eigenvalue weighted by Crippen LogP contribution is 2.31. The van der Waals surface area contributed by atoms with Gasteiger partial charge in [-0.3, -0.25) is 10.1 Å². The normalized spacial score (nSPS) is 29.4. The molecule has 1 aliphatic heterocycles. The van der Waals surface area contributed by atoms with Crippen molar-refractivity contribution in [1.82, 2.24) is 10.6 Å². The Bertz CT molecular complexity index is 155. The molecule has 0 bridgehead atoms. The molecule has 0 atom stereocenters. The van der Waals surface area contributed by atoms with Crippen molar-refractivity contribution in [2.75, 3.05) is 6.67 Å². The van der Waals surface area contributed by atoms with Crippen molar-refractivity contribution in [2.24, 2.45) is 0 Å². The fraction of sp³-hybridized carbons (Fsp3) is 0.857. The molecule has 2 fully saturated rings. The van der Waals surface area contributed by atoms with Crippen molar-refractivity contribution in [3.63, 3.8) is 0 Å². The van der Waals surface area contributed by atoms with Crippen LogP contribution in [0.25, 0.3) is 0 Å². The van der Waals surface area contributed by atoms with E-state index in [9.17, 15) is 4.79 Å². The first-order valence-corrected chi connectivity index (χ1v) is 3.87. The second-order valence-electron chi connectivity index (χ2n) is 3.15. The van der Waals surface area contributed by atoms with Crippen LogP contribution in [0.2, 0.25) is 0 Å². The molecule has 0 aromatic rings. The summed E-state index contributed by atoms with van der Waals surface area (Å²) >= 11 is 0. The predicted octanol–water partition coefficient (Wildman–Crippen LogP) is -0.0239. The topological polar surface area (TPSA) is 41.1 Å². The van der Waals surface area contributed by atoms with Gasteiger partial charge in [0, 0.05) is 0 Å². The van der Waals surface area contributed by atoms with E-state index in [1.165, 1.54) is 12.8 Å². The molecular formula is C7H12N2O. The summed E-state index contributed by atoms with van der Waals surface area (Å²) in [4.78, 5) is 11.2. The molecule has 1 saturated heterocycles. The lowest BCUT2D eigenvalue weighted by Gasteiger charge is -2.18. The first kappa shape index (κ1) is 6.16. The summed E-state index contributed by atoms with van der Waals surface area (Å²) in [5, 5.41) is 6.02. The Morgan fingerprint density at radius 2 is 2.00 bits per heavy atom. The Kier molecular flexibility index (Phi) is 1.20. The maximum Gasteiger partial charge on any atom is 0.241 e. The summed E-state index contributed by atoms with van der Waals surface area (Å²) in [5.41, 5.74) is -0.153. The van der Waals surface area contributed by atoms with Gasteiger partial charge in [0.1, 0.15) is 0 Å². The van der Waals surface area contributed by atoms with E-state index < -0.39 is 0 Å². The summed E-state index contributed by atoms with van der Waals surface area (Å²) in [7, 11) is 0. The van der Waals surface area contributed by atoms with Gasteiger partial charge in [-0.05, 0) is 12.8 Å². The van der Waals surface area contributed by atoms with Gasteiger partial charge >= 0.3 is 0 Å². The Hall–Kier alpha value is -0.570. The molecule has 1 saturated carbocycles. The summed E-state index contributed by atoms with van der Waals surface area (Å²) in [5.74, 6) is 0.213. The molecule has 10 heavy (non-hydrogen) atoms. The van der Waals surface area contributed by atoms with Crippen molar-refractivity contribution in [3.05, 3.63) is 0 Å². The highest BCUT2D eigenvalue weighted by Gasteiger charge is 2.43. The first-order valence-electron chi connectivity index (χ1n) is 3.87. The molecule has 1 amide bonds. The van der Waals surface area contributed by atoms with Crippen LogP contribution in [-0.2, 0) is 4.79 Å². The molecule has 56 valence electrons. The maximum atomic E-state index is 11.2. The second kappa shape index (κ2) is 1.95. The Morgan fingerprint density at radius 1 is 1.30 bits per heavy atom. The van der Waals surface area contributed by atoms with E-state index in [-0.39, 0.29) is 11.4 Å². The number of rotatable bonds is 0. The number of carbonyl (C=O) groups excluding carboxylic acids is 1. The van der Waals surface area contributed by atoms with Crippen LogP contribution < -0.4 is 10.6 Å². The molecule has 0 aromatic carbocycles. The molecule has 2 rings (SSSR count). The van der Waals surface area contributed by atoms with Gasteiger partial charge in [-0.2, -0.15) is 0 Å². The number of carbonyl (C=O) groups is 1. The van der Waals surface area contributed by atoms with Gasteiger partial charge in [-0.25, -0.2) is 0 Å². The Morgan fingerprint density at radius 3 is 2.50 bits per heavy atom. The van der Waals surface area contributed by atoms with Crippen LogP contribution >= 0.6 is 0 Å². The van der Waals surface area contributed by atoms with Gasteiger partial charge in [-0.1, -0.05) is 12.8 Å². The van der Waals surface area contributed by atoms with Crippen molar-refractivity contribution in [3.8, 4) is 0 Å². The molecule has 1 spiro atoms. The summed E-state index contributed by atoms with van der Waals surface area (Å²) in [6.45, 7) is 0.666. The standard InChI is InChI=1S/C7H12N2O/c10-6-7(9-5-8-6)3-1-2-4-7/h9H,1-5H2,(H,8,10).